The molecule has 2 fully saturated rings. The number of benzene rings is 2. The molecule has 0 radical (unpaired) electrons. The van der Waals surface area contributed by atoms with Crippen molar-refractivity contribution in [2.45, 2.75) is 38.5 Å². The van der Waals surface area contributed by atoms with Gasteiger partial charge in [0.05, 0.1) is 25.8 Å². The van der Waals surface area contributed by atoms with Crippen LogP contribution in [-0.2, 0) is 11.3 Å². The van der Waals surface area contributed by atoms with Crippen molar-refractivity contribution in [1.29, 1.82) is 0 Å². The van der Waals surface area contributed by atoms with Crippen molar-refractivity contribution in [3.63, 3.8) is 0 Å². The highest BCUT2D eigenvalue weighted by Crippen LogP contribution is 2.30. The third-order valence-electron chi connectivity index (χ3n) is 6.71. The number of piperazine rings is 1. The van der Waals surface area contributed by atoms with Crippen molar-refractivity contribution in [3.05, 3.63) is 65.5 Å². The molecule has 2 aliphatic heterocycles. The lowest BCUT2D eigenvalue weighted by atomic mass is 10.0. The molecule has 0 unspecified atom stereocenters. The second-order valence-corrected chi connectivity index (χ2v) is 8.89. The molecule has 2 atom stereocenters. The first-order valence-electron chi connectivity index (χ1n) is 11.8. The predicted octanol–water partition coefficient (Wildman–Crippen LogP) is 3.08. The van der Waals surface area contributed by atoms with Crippen molar-refractivity contribution in [2.24, 2.45) is 0 Å². The number of hydrogen-bond donors (Lipinski definition) is 0. The Morgan fingerprint density at radius 3 is 2.45 bits per heavy atom. The SMILES string of the molecule is COc1ccc(N2CCN([C@@H](c3ccc(C)cc3)c3nnnn3C[C@H]3CCCO3)CC2)cc1. The van der Waals surface area contributed by atoms with Crippen LogP contribution < -0.4 is 9.64 Å². The Morgan fingerprint density at radius 2 is 1.79 bits per heavy atom. The molecule has 0 saturated carbocycles. The van der Waals surface area contributed by atoms with Crippen LogP contribution in [0, 0.1) is 6.92 Å². The van der Waals surface area contributed by atoms with Crippen LogP contribution in [0.15, 0.2) is 48.5 Å². The third-order valence-corrected chi connectivity index (χ3v) is 6.71. The summed E-state index contributed by atoms with van der Waals surface area (Å²) >= 11 is 0. The van der Waals surface area contributed by atoms with Crippen molar-refractivity contribution in [1.82, 2.24) is 25.1 Å². The normalized spacial score (nSPS) is 20.2. The molecule has 0 spiro atoms. The topological polar surface area (TPSA) is 68.5 Å². The number of anilines is 1. The van der Waals surface area contributed by atoms with E-state index in [0.717, 1.165) is 57.2 Å². The lowest BCUT2D eigenvalue weighted by Crippen LogP contribution is -2.48. The largest absolute Gasteiger partial charge is 0.497 e. The maximum atomic E-state index is 5.86. The van der Waals surface area contributed by atoms with Gasteiger partial charge in [0.15, 0.2) is 5.82 Å². The van der Waals surface area contributed by atoms with Crippen molar-refractivity contribution >= 4 is 5.69 Å². The summed E-state index contributed by atoms with van der Waals surface area (Å²) in [4.78, 5) is 4.93. The molecular weight excluding hydrogens is 416 g/mol. The first-order valence-corrected chi connectivity index (χ1v) is 11.8. The number of methoxy groups -OCH3 is 1. The Labute approximate surface area is 195 Å². The Morgan fingerprint density at radius 1 is 1.03 bits per heavy atom. The smallest absolute Gasteiger partial charge is 0.173 e. The van der Waals surface area contributed by atoms with Gasteiger partial charge in [0.1, 0.15) is 5.75 Å². The quantitative estimate of drug-likeness (QED) is 0.550. The van der Waals surface area contributed by atoms with Gasteiger partial charge in [0.25, 0.3) is 0 Å². The number of ether oxygens (including phenoxy) is 2. The van der Waals surface area contributed by atoms with E-state index in [0.29, 0.717) is 6.54 Å². The first kappa shape index (κ1) is 21.9. The van der Waals surface area contributed by atoms with Gasteiger partial charge in [-0.15, -0.1) is 5.10 Å². The molecule has 1 aromatic heterocycles. The van der Waals surface area contributed by atoms with Gasteiger partial charge in [-0.2, -0.15) is 0 Å². The number of hydrogen-bond acceptors (Lipinski definition) is 7. The molecule has 5 rings (SSSR count). The van der Waals surface area contributed by atoms with E-state index in [1.54, 1.807) is 7.11 Å². The zero-order valence-electron chi connectivity index (χ0n) is 19.4. The van der Waals surface area contributed by atoms with Crippen LogP contribution in [-0.4, -0.2) is 71.1 Å². The molecule has 2 saturated heterocycles. The number of aromatic nitrogens is 4. The maximum Gasteiger partial charge on any atom is 0.173 e. The molecule has 0 bridgehead atoms. The van der Waals surface area contributed by atoms with E-state index in [1.807, 2.05) is 16.8 Å². The van der Waals surface area contributed by atoms with E-state index in [1.165, 1.54) is 16.8 Å². The van der Waals surface area contributed by atoms with Crippen LogP contribution in [0.5, 0.6) is 5.75 Å². The fourth-order valence-corrected chi connectivity index (χ4v) is 4.82. The molecule has 3 aromatic rings. The van der Waals surface area contributed by atoms with Gasteiger partial charge < -0.3 is 14.4 Å². The van der Waals surface area contributed by atoms with Gasteiger partial charge in [0, 0.05) is 38.5 Å². The minimum absolute atomic E-state index is 0.0139. The fraction of sp³-hybridized carbons (Fsp3) is 0.480. The molecule has 8 nitrogen and oxygen atoms in total. The minimum atomic E-state index is 0.0139. The van der Waals surface area contributed by atoms with Gasteiger partial charge >= 0.3 is 0 Å². The number of tetrazole rings is 1. The molecule has 33 heavy (non-hydrogen) atoms. The number of aryl methyl sites for hydroxylation is 1. The van der Waals surface area contributed by atoms with Crippen LogP contribution in [0.1, 0.15) is 35.8 Å². The Bertz CT molecular complexity index is 1020. The van der Waals surface area contributed by atoms with E-state index in [9.17, 15) is 0 Å². The van der Waals surface area contributed by atoms with Crippen molar-refractivity contribution < 1.29 is 9.47 Å². The van der Waals surface area contributed by atoms with Crippen LogP contribution >= 0.6 is 0 Å². The molecule has 0 amide bonds. The highest BCUT2D eigenvalue weighted by atomic mass is 16.5. The van der Waals surface area contributed by atoms with Gasteiger partial charge in [-0.05, 0) is 60.0 Å². The predicted molar refractivity (Wildman–Crippen MR) is 127 cm³/mol. The Hall–Kier alpha value is -2.97. The van der Waals surface area contributed by atoms with Crippen LogP contribution in [0.25, 0.3) is 0 Å². The van der Waals surface area contributed by atoms with Crippen molar-refractivity contribution in [2.75, 3.05) is 44.8 Å². The molecule has 0 aliphatic carbocycles. The van der Waals surface area contributed by atoms with Crippen LogP contribution in [0.4, 0.5) is 5.69 Å². The molecule has 174 valence electrons. The summed E-state index contributed by atoms with van der Waals surface area (Å²) < 4.78 is 13.1. The van der Waals surface area contributed by atoms with E-state index >= 15 is 0 Å². The monoisotopic (exact) mass is 448 g/mol. The van der Waals surface area contributed by atoms with E-state index in [4.69, 9.17) is 9.47 Å². The van der Waals surface area contributed by atoms with Crippen LogP contribution in [0.2, 0.25) is 0 Å². The molecule has 8 heteroatoms. The van der Waals surface area contributed by atoms with Gasteiger partial charge in [-0.25, -0.2) is 4.68 Å². The summed E-state index contributed by atoms with van der Waals surface area (Å²) in [6.07, 6.45) is 2.36. The average Bonchev–Trinajstić information content (AvgIpc) is 3.54. The average molecular weight is 449 g/mol. The lowest BCUT2D eigenvalue weighted by molar-refractivity contribution is 0.0906. The molecule has 2 aromatic carbocycles. The summed E-state index contributed by atoms with van der Waals surface area (Å²) in [6, 6.07) is 17.1. The zero-order valence-corrected chi connectivity index (χ0v) is 19.4. The second kappa shape index (κ2) is 9.89. The van der Waals surface area contributed by atoms with Gasteiger partial charge in [0.2, 0.25) is 0 Å². The van der Waals surface area contributed by atoms with Gasteiger partial charge in [-0.1, -0.05) is 29.8 Å². The standard InChI is InChI=1S/C25H32N6O2/c1-19-5-7-20(8-6-19)24(25-26-27-28-31(25)18-23-4-3-17-33-23)30-15-13-29(14-16-30)21-9-11-22(32-2)12-10-21/h5-12,23-24H,3-4,13-18H2,1-2H3/t23-,24+/m1/s1. The highest BCUT2D eigenvalue weighted by molar-refractivity contribution is 5.49. The van der Waals surface area contributed by atoms with E-state index in [2.05, 4.69) is 68.6 Å². The third kappa shape index (κ3) is 4.86. The zero-order chi connectivity index (χ0) is 22.6. The van der Waals surface area contributed by atoms with Crippen LogP contribution in [0.3, 0.4) is 0 Å². The fourth-order valence-electron chi connectivity index (χ4n) is 4.82. The van der Waals surface area contributed by atoms with E-state index < -0.39 is 0 Å². The highest BCUT2D eigenvalue weighted by Gasteiger charge is 2.31. The Kier molecular flexibility index (Phi) is 6.55. The summed E-state index contributed by atoms with van der Waals surface area (Å²) in [6.45, 7) is 7.40. The molecule has 3 heterocycles. The lowest BCUT2D eigenvalue weighted by Gasteiger charge is -2.40. The van der Waals surface area contributed by atoms with Gasteiger partial charge in [-0.3, -0.25) is 4.90 Å². The summed E-state index contributed by atoms with van der Waals surface area (Å²) in [7, 11) is 1.70. The molecular formula is C25H32N6O2. The number of nitrogens with zero attached hydrogens (tertiary/aromatic N) is 6. The summed E-state index contributed by atoms with van der Waals surface area (Å²) in [5.74, 6) is 1.78. The van der Waals surface area contributed by atoms with E-state index in [-0.39, 0.29) is 12.1 Å². The summed E-state index contributed by atoms with van der Waals surface area (Å²) in [5, 5.41) is 12.9. The maximum absolute atomic E-state index is 5.86. The minimum Gasteiger partial charge on any atom is -0.497 e. The number of rotatable bonds is 7. The second-order valence-electron chi connectivity index (χ2n) is 8.89. The van der Waals surface area contributed by atoms with Crippen molar-refractivity contribution in [3.8, 4) is 5.75 Å². The molecule has 2 aliphatic rings. The first-order chi connectivity index (χ1) is 16.2. The Balaban J connectivity index is 1.37. The molecule has 0 N–H and O–H groups in total. The summed E-state index contributed by atoms with van der Waals surface area (Å²) in [5.41, 5.74) is 3.70.